The van der Waals surface area contributed by atoms with Crippen LogP contribution in [-0.2, 0) is 6.54 Å². The van der Waals surface area contributed by atoms with E-state index < -0.39 is 0 Å². The highest BCUT2D eigenvalue weighted by atomic mass is 16.2. The minimum absolute atomic E-state index is 0.0177. The van der Waals surface area contributed by atoms with Gasteiger partial charge in [-0.2, -0.15) is 0 Å². The van der Waals surface area contributed by atoms with Crippen LogP contribution in [0.15, 0.2) is 30.6 Å². The minimum Gasteiger partial charge on any atom is -0.348 e. The Bertz CT molecular complexity index is 774. The summed E-state index contributed by atoms with van der Waals surface area (Å²) in [6.07, 6.45) is 7.16. The molecular weight excluding hydrogens is 344 g/mol. The van der Waals surface area contributed by atoms with E-state index in [1.807, 2.05) is 30.9 Å². The lowest BCUT2D eigenvalue weighted by Gasteiger charge is -2.35. The van der Waals surface area contributed by atoms with Gasteiger partial charge in [0.1, 0.15) is 5.69 Å². The molecule has 1 aliphatic heterocycles. The molecule has 2 aromatic rings. The average molecular weight is 370 g/mol. The quantitative estimate of drug-likeness (QED) is 0.838. The summed E-state index contributed by atoms with van der Waals surface area (Å²) in [4.78, 5) is 30.9. The average Bonchev–Trinajstić information content (AvgIpc) is 3.15. The van der Waals surface area contributed by atoms with Crippen LogP contribution >= 0.6 is 0 Å². The van der Waals surface area contributed by atoms with E-state index in [9.17, 15) is 9.59 Å². The lowest BCUT2D eigenvalue weighted by atomic mass is 9.98. The zero-order valence-electron chi connectivity index (χ0n) is 15.8. The molecule has 27 heavy (non-hydrogen) atoms. The Morgan fingerprint density at radius 2 is 2.11 bits per heavy atom. The van der Waals surface area contributed by atoms with Crippen LogP contribution in [0.4, 0.5) is 0 Å². The summed E-state index contributed by atoms with van der Waals surface area (Å²) in [6.45, 7) is 5.16. The van der Waals surface area contributed by atoms with Crippen LogP contribution in [0, 0.1) is 0 Å². The summed E-state index contributed by atoms with van der Waals surface area (Å²) >= 11 is 0. The number of pyridine rings is 1. The van der Waals surface area contributed by atoms with Gasteiger partial charge in [-0.25, -0.2) is 0 Å². The molecule has 1 saturated heterocycles. The second-order valence-corrected chi connectivity index (χ2v) is 7.15. The lowest BCUT2D eigenvalue weighted by molar-refractivity contribution is 0.0587. The Morgan fingerprint density at radius 3 is 2.85 bits per heavy atom. The Balaban J connectivity index is 1.61. The van der Waals surface area contributed by atoms with Crippen molar-refractivity contribution >= 4 is 11.8 Å². The SMILES string of the molecule is CC(C)NC(=O)c1cn(CC[C@@H]2CCCCN2C(=O)c2ccccn2)nn1. The van der Waals surface area contributed by atoms with Crippen molar-refractivity contribution in [3.05, 3.63) is 42.0 Å². The number of nitrogens with zero attached hydrogens (tertiary/aromatic N) is 5. The fourth-order valence-electron chi connectivity index (χ4n) is 3.33. The zero-order valence-corrected chi connectivity index (χ0v) is 15.8. The molecule has 3 heterocycles. The molecule has 0 bridgehead atoms. The van der Waals surface area contributed by atoms with Crippen LogP contribution in [0.3, 0.4) is 0 Å². The van der Waals surface area contributed by atoms with Crippen LogP contribution in [-0.4, -0.2) is 55.3 Å². The standard InChI is InChI=1S/C19H26N6O2/c1-14(2)21-18(26)17-13-24(23-22-17)12-9-15-7-4-6-11-25(15)19(27)16-8-3-5-10-20-16/h3,5,8,10,13-15H,4,6-7,9,11-12H2,1-2H3,(H,21,26)/t15-/m0/s1. The van der Waals surface area contributed by atoms with Crippen molar-refractivity contribution in [2.75, 3.05) is 6.54 Å². The third-order valence-electron chi connectivity index (χ3n) is 4.65. The molecule has 0 aliphatic carbocycles. The van der Waals surface area contributed by atoms with E-state index in [0.29, 0.717) is 17.9 Å². The molecule has 1 fully saturated rings. The van der Waals surface area contributed by atoms with Gasteiger partial charge in [-0.05, 0) is 51.7 Å². The van der Waals surface area contributed by atoms with Crippen LogP contribution < -0.4 is 5.32 Å². The molecule has 8 nitrogen and oxygen atoms in total. The Morgan fingerprint density at radius 1 is 1.26 bits per heavy atom. The van der Waals surface area contributed by atoms with Gasteiger partial charge in [-0.15, -0.1) is 5.10 Å². The monoisotopic (exact) mass is 370 g/mol. The number of hydrogen-bond donors (Lipinski definition) is 1. The molecule has 0 spiro atoms. The molecule has 0 unspecified atom stereocenters. The highest BCUT2D eigenvalue weighted by Crippen LogP contribution is 2.22. The Kier molecular flexibility index (Phi) is 6.16. The molecule has 1 aliphatic rings. The van der Waals surface area contributed by atoms with Crippen molar-refractivity contribution in [3.63, 3.8) is 0 Å². The van der Waals surface area contributed by atoms with E-state index >= 15 is 0 Å². The fourth-order valence-corrected chi connectivity index (χ4v) is 3.33. The second-order valence-electron chi connectivity index (χ2n) is 7.15. The number of amides is 2. The molecule has 144 valence electrons. The fraction of sp³-hybridized carbons (Fsp3) is 0.526. The van der Waals surface area contributed by atoms with Crippen molar-refractivity contribution in [2.24, 2.45) is 0 Å². The van der Waals surface area contributed by atoms with Crippen LogP contribution in [0.1, 0.15) is 60.5 Å². The first-order valence-electron chi connectivity index (χ1n) is 9.47. The van der Waals surface area contributed by atoms with E-state index in [2.05, 4.69) is 20.6 Å². The van der Waals surface area contributed by atoms with Gasteiger partial charge in [0.15, 0.2) is 5.69 Å². The third-order valence-corrected chi connectivity index (χ3v) is 4.65. The summed E-state index contributed by atoms with van der Waals surface area (Å²) in [5.74, 6) is -0.239. The smallest absolute Gasteiger partial charge is 0.273 e. The molecule has 0 aromatic carbocycles. The van der Waals surface area contributed by atoms with Gasteiger partial charge >= 0.3 is 0 Å². The maximum atomic E-state index is 12.8. The van der Waals surface area contributed by atoms with Gasteiger partial charge in [0.05, 0.1) is 6.20 Å². The maximum absolute atomic E-state index is 12.8. The predicted molar refractivity (Wildman–Crippen MR) is 100 cm³/mol. The van der Waals surface area contributed by atoms with E-state index in [4.69, 9.17) is 0 Å². The number of likely N-dealkylation sites (tertiary alicyclic amines) is 1. The molecule has 2 amide bonds. The van der Waals surface area contributed by atoms with Gasteiger partial charge in [0, 0.05) is 31.4 Å². The Labute approximate surface area is 159 Å². The van der Waals surface area contributed by atoms with E-state index in [0.717, 1.165) is 32.2 Å². The predicted octanol–water partition coefficient (Wildman–Crippen LogP) is 1.90. The van der Waals surface area contributed by atoms with Crippen LogP contribution in [0.2, 0.25) is 0 Å². The number of nitrogens with one attached hydrogen (secondary N) is 1. The first-order chi connectivity index (χ1) is 13.0. The molecule has 0 saturated carbocycles. The first kappa shape index (κ1) is 19.0. The van der Waals surface area contributed by atoms with Gasteiger partial charge in [0.25, 0.3) is 11.8 Å². The van der Waals surface area contributed by atoms with Crippen molar-refractivity contribution in [1.29, 1.82) is 0 Å². The number of piperidine rings is 1. The normalized spacial score (nSPS) is 17.1. The van der Waals surface area contributed by atoms with Crippen molar-refractivity contribution < 1.29 is 9.59 Å². The highest BCUT2D eigenvalue weighted by molar-refractivity contribution is 5.92. The van der Waals surface area contributed by atoms with Crippen molar-refractivity contribution in [2.45, 2.75) is 58.2 Å². The van der Waals surface area contributed by atoms with Gasteiger partial charge in [0.2, 0.25) is 0 Å². The lowest BCUT2D eigenvalue weighted by Crippen LogP contribution is -2.44. The highest BCUT2D eigenvalue weighted by Gasteiger charge is 2.28. The van der Waals surface area contributed by atoms with Crippen molar-refractivity contribution in [3.8, 4) is 0 Å². The second kappa shape index (κ2) is 8.75. The molecule has 3 rings (SSSR count). The van der Waals surface area contributed by atoms with E-state index in [1.54, 1.807) is 23.1 Å². The zero-order chi connectivity index (χ0) is 19.2. The molecule has 0 radical (unpaired) electrons. The number of aryl methyl sites for hydroxylation is 1. The maximum Gasteiger partial charge on any atom is 0.273 e. The Hall–Kier alpha value is -2.77. The minimum atomic E-state index is -0.221. The number of rotatable bonds is 6. The van der Waals surface area contributed by atoms with Gasteiger partial charge in [-0.1, -0.05) is 11.3 Å². The van der Waals surface area contributed by atoms with Crippen molar-refractivity contribution in [1.82, 2.24) is 30.2 Å². The molecule has 8 heteroatoms. The van der Waals surface area contributed by atoms with Gasteiger partial charge < -0.3 is 10.2 Å². The first-order valence-corrected chi connectivity index (χ1v) is 9.47. The summed E-state index contributed by atoms with van der Waals surface area (Å²) in [7, 11) is 0. The summed E-state index contributed by atoms with van der Waals surface area (Å²) in [5.41, 5.74) is 0.798. The molecule has 1 atom stereocenters. The number of hydrogen-bond acceptors (Lipinski definition) is 5. The number of carbonyl (C=O) groups is 2. The molecular formula is C19H26N6O2. The molecule has 1 N–H and O–H groups in total. The summed E-state index contributed by atoms with van der Waals surface area (Å²) in [5, 5.41) is 10.8. The summed E-state index contributed by atoms with van der Waals surface area (Å²) < 4.78 is 1.67. The van der Waals surface area contributed by atoms with Crippen LogP contribution in [0.5, 0.6) is 0 Å². The van der Waals surface area contributed by atoms with Gasteiger partial charge in [-0.3, -0.25) is 19.3 Å². The largest absolute Gasteiger partial charge is 0.348 e. The third kappa shape index (κ3) is 4.90. The number of carbonyl (C=O) groups excluding carboxylic acids is 2. The molecule has 2 aromatic heterocycles. The van der Waals surface area contributed by atoms with E-state index in [-0.39, 0.29) is 23.9 Å². The van der Waals surface area contributed by atoms with Crippen LogP contribution in [0.25, 0.3) is 0 Å². The number of aromatic nitrogens is 4. The topological polar surface area (TPSA) is 93.0 Å². The van der Waals surface area contributed by atoms with E-state index in [1.165, 1.54) is 0 Å². The summed E-state index contributed by atoms with van der Waals surface area (Å²) in [6, 6.07) is 5.59.